The second-order valence-corrected chi connectivity index (χ2v) is 10.9. The fourth-order valence-electron chi connectivity index (χ4n) is 3.50. The Morgan fingerprint density at radius 2 is 1.82 bits per heavy atom. The smallest absolute Gasteiger partial charge is 0.259 e. The first-order valence-corrected chi connectivity index (χ1v) is 12.9. The van der Waals surface area contributed by atoms with E-state index < -0.39 is 10.0 Å². The first-order valence-electron chi connectivity index (χ1n) is 10.7. The van der Waals surface area contributed by atoms with Crippen molar-refractivity contribution in [1.29, 1.82) is 0 Å². The molecule has 184 valence electrons. The molecule has 0 aliphatic heterocycles. The molecule has 3 aromatic rings. The van der Waals surface area contributed by atoms with Crippen molar-refractivity contribution in [2.75, 3.05) is 47.9 Å². The Bertz CT molecular complexity index is 1370. The molecule has 0 aliphatic carbocycles. The summed E-state index contributed by atoms with van der Waals surface area (Å²) >= 11 is 3.48. The first-order chi connectivity index (χ1) is 16.0. The van der Waals surface area contributed by atoms with Gasteiger partial charge in [0.1, 0.15) is 17.3 Å². The van der Waals surface area contributed by atoms with Gasteiger partial charge in [0.25, 0.3) is 5.56 Å². The van der Waals surface area contributed by atoms with Crippen LogP contribution in [0, 0.1) is 6.92 Å². The number of nitrogens with one attached hydrogen (secondary N) is 1. The Balaban J connectivity index is 2.22. The fourth-order valence-corrected chi connectivity index (χ4v) is 5.25. The van der Waals surface area contributed by atoms with E-state index in [1.807, 2.05) is 25.9 Å². The van der Waals surface area contributed by atoms with Crippen molar-refractivity contribution in [2.24, 2.45) is 0 Å². The van der Waals surface area contributed by atoms with Gasteiger partial charge in [-0.15, -0.1) is 0 Å². The third kappa shape index (κ3) is 5.12. The molecule has 0 fully saturated rings. The molecule has 2 aromatic carbocycles. The number of H-pyrrole nitrogens is 1. The second kappa shape index (κ2) is 10.4. The highest BCUT2D eigenvalue weighted by molar-refractivity contribution is 9.10. The van der Waals surface area contributed by atoms with E-state index in [0.29, 0.717) is 57.7 Å². The van der Waals surface area contributed by atoms with Gasteiger partial charge in [-0.05, 0) is 73.7 Å². The van der Waals surface area contributed by atoms with Crippen molar-refractivity contribution in [3.63, 3.8) is 0 Å². The number of aryl methyl sites for hydroxylation is 1. The molecular formula is C23H29BrN4O5S. The summed E-state index contributed by atoms with van der Waals surface area (Å²) in [4.78, 5) is 22.5. The quantitative estimate of drug-likeness (QED) is 0.434. The molecule has 3 rings (SSSR count). The Hall–Kier alpha value is -2.47. The third-order valence-corrected chi connectivity index (χ3v) is 8.00. The minimum atomic E-state index is -3.77. The normalized spacial score (nSPS) is 12.0. The summed E-state index contributed by atoms with van der Waals surface area (Å²) in [7, 11) is 3.06. The highest BCUT2D eigenvalue weighted by Gasteiger charge is 2.24. The van der Waals surface area contributed by atoms with Crippen LogP contribution >= 0.6 is 15.9 Å². The van der Waals surface area contributed by atoms with Crippen LogP contribution in [0.4, 0.5) is 0 Å². The molecule has 0 radical (unpaired) electrons. The van der Waals surface area contributed by atoms with E-state index in [1.165, 1.54) is 30.6 Å². The minimum Gasteiger partial charge on any atom is -0.495 e. The van der Waals surface area contributed by atoms with E-state index in [9.17, 15) is 13.2 Å². The molecule has 0 saturated carbocycles. The van der Waals surface area contributed by atoms with Gasteiger partial charge in [-0.25, -0.2) is 13.4 Å². The lowest BCUT2D eigenvalue weighted by atomic mass is 10.1. The molecule has 0 aliphatic rings. The van der Waals surface area contributed by atoms with Gasteiger partial charge in [0.15, 0.2) is 0 Å². The van der Waals surface area contributed by atoms with Gasteiger partial charge >= 0.3 is 0 Å². The van der Waals surface area contributed by atoms with Crippen molar-refractivity contribution in [3.8, 4) is 22.9 Å². The average molecular weight is 553 g/mol. The number of ether oxygens (including phenoxy) is 2. The van der Waals surface area contributed by atoms with Gasteiger partial charge in [-0.2, -0.15) is 4.31 Å². The summed E-state index contributed by atoms with van der Waals surface area (Å²) in [6.07, 6.45) is 0. The number of halogens is 1. The van der Waals surface area contributed by atoms with Gasteiger partial charge in [-0.1, -0.05) is 0 Å². The van der Waals surface area contributed by atoms with Crippen LogP contribution in [0.1, 0.15) is 12.5 Å². The SMILES string of the molecule is CCOc1ccc(S(=O)(=O)N(C)CCN(C)C)cc1-c1nc2c(Br)c(OC)cc(C)c2c(=O)[nH]1. The number of benzene rings is 2. The van der Waals surface area contributed by atoms with Crippen LogP contribution in [0.25, 0.3) is 22.3 Å². The summed E-state index contributed by atoms with van der Waals surface area (Å²) in [6, 6.07) is 6.32. The van der Waals surface area contributed by atoms with Gasteiger partial charge in [-0.3, -0.25) is 4.79 Å². The fraction of sp³-hybridized carbons (Fsp3) is 0.391. The lowest BCUT2D eigenvalue weighted by Gasteiger charge is -2.20. The number of aromatic nitrogens is 2. The van der Waals surface area contributed by atoms with Crippen molar-refractivity contribution in [1.82, 2.24) is 19.2 Å². The largest absolute Gasteiger partial charge is 0.495 e. The molecule has 0 amide bonds. The molecule has 1 heterocycles. The number of hydrogen-bond donors (Lipinski definition) is 1. The predicted molar refractivity (Wildman–Crippen MR) is 136 cm³/mol. The maximum Gasteiger partial charge on any atom is 0.259 e. The Morgan fingerprint density at radius 3 is 2.44 bits per heavy atom. The summed E-state index contributed by atoms with van der Waals surface area (Å²) in [5.74, 6) is 1.15. The molecule has 11 heteroatoms. The van der Waals surface area contributed by atoms with E-state index in [0.717, 1.165) is 0 Å². The summed E-state index contributed by atoms with van der Waals surface area (Å²) < 4.78 is 39.4. The predicted octanol–water partition coefficient (Wildman–Crippen LogP) is 3.25. The molecule has 0 unspecified atom stereocenters. The zero-order valence-corrected chi connectivity index (χ0v) is 22.5. The van der Waals surface area contributed by atoms with E-state index in [-0.39, 0.29) is 16.3 Å². The van der Waals surface area contributed by atoms with Gasteiger partial charge in [0.2, 0.25) is 10.0 Å². The highest BCUT2D eigenvalue weighted by Crippen LogP contribution is 2.36. The maximum absolute atomic E-state index is 13.2. The molecule has 34 heavy (non-hydrogen) atoms. The highest BCUT2D eigenvalue weighted by atomic mass is 79.9. The molecular weight excluding hydrogens is 524 g/mol. The first kappa shape index (κ1) is 26.1. The van der Waals surface area contributed by atoms with E-state index in [2.05, 4.69) is 25.9 Å². The Morgan fingerprint density at radius 1 is 1.12 bits per heavy atom. The monoisotopic (exact) mass is 552 g/mol. The van der Waals surface area contributed by atoms with Crippen LogP contribution < -0.4 is 15.0 Å². The standard InChI is InChI=1S/C23H29BrN4O5S/c1-7-33-17-9-8-15(34(30,31)28(5)11-10-27(3)4)13-16(17)22-25-21-19(23(29)26-22)14(2)12-18(32-6)20(21)24/h8-9,12-13H,7,10-11H2,1-6H3,(H,25,26,29). The lowest BCUT2D eigenvalue weighted by molar-refractivity contribution is 0.341. The topological polar surface area (TPSA) is 105 Å². The molecule has 0 atom stereocenters. The van der Waals surface area contributed by atoms with E-state index in [1.54, 1.807) is 19.1 Å². The second-order valence-electron chi connectivity index (χ2n) is 8.07. The number of hydrogen-bond acceptors (Lipinski definition) is 7. The molecule has 9 nitrogen and oxygen atoms in total. The zero-order valence-electron chi connectivity index (χ0n) is 20.1. The molecule has 0 saturated heterocycles. The number of fused-ring (bicyclic) bond motifs is 1. The maximum atomic E-state index is 13.2. The van der Waals surface area contributed by atoms with Crippen molar-refractivity contribution in [3.05, 3.63) is 44.7 Å². The van der Waals surface area contributed by atoms with Crippen molar-refractivity contribution < 1.29 is 17.9 Å². The van der Waals surface area contributed by atoms with E-state index >= 15 is 0 Å². The van der Waals surface area contributed by atoms with Gasteiger partial charge < -0.3 is 19.4 Å². The summed E-state index contributed by atoms with van der Waals surface area (Å²) in [6.45, 7) is 4.89. The number of methoxy groups -OCH3 is 1. The molecule has 1 N–H and O–H groups in total. The third-order valence-electron chi connectivity index (χ3n) is 5.38. The van der Waals surface area contributed by atoms with Crippen LogP contribution in [0.3, 0.4) is 0 Å². The number of nitrogens with zero attached hydrogens (tertiary/aromatic N) is 3. The molecule has 0 bridgehead atoms. The number of sulfonamides is 1. The van der Waals surface area contributed by atoms with Crippen molar-refractivity contribution in [2.45, 2.75) is 18.7 Å². The van der Waals surface area contributed by atoms with Crippen LogP contribution in [0.5, 0.6) is 11.5 Å². The van der Waals surface area contributed by atoms with Crippen LogP contribution in [-0.4, -0.2) is 75.5 Å². The summed E-state index contributed by atoms with van der Waals surface area (Å²) in [5, 5.41) is 0.418. The number of likely N-dealkylation sites (N-methyl/N-ethyl adjacent to an activating group) is 2. The minimum absolute atomic E-state index is 0.0795. The lowest BCUT2D eigenvalue weighted by Crippen LogP contribution is -2.33. The van der Waals surface area contributed by atoms with Crippen LogP contribution in [0.2, 0.25) is 0 Å². The van der Waals surface area contributed by atoms with Crippen LogP contribution in [0.15, 0.2) is 38.4 Å². The number of aromatic amines is 1. The Labute approximate surface area is 207 Å². The Kier molecular flexibility index (Phi) is 8.02. The van der Waals surface area contributed by atoms with Crippen LogP contribution in [-0.2, 0) is 10.0 Å². The van der Waals surface area contributed by atoms with Gasteiger partial charge in [0.05, 0.1) is 39.6 Å². The average Bonchev–Trinajstić information content (AvgIpc) is 2.79. The van der Waals surface area contributed by atoms with Gasteiger partial charge in [0, 0.05) is 20.1 Å². The molecule has 1 aromatic heterocycles. The van der Waals surface area contributed by atoms with E-state index in [4.69, 9.17) is 9.47 Å². The molecule has 0 spiro atoms. The number of rotatable bonds is 9. The zero-order chi connectivity index (χ0) is 25.2. The van der Waals surface area contributed by atoms with Crippen molar-refractivity contribution >= 4 is 36.9 Å². The summed E-state index contributed by atoms with van der Waals surface area (Å²) in [5.41, 5.74) is 1.14.